The smallest absolute Gasteiger partial charge is 0.210 e. The molecule has 0 saturated carbocycles. The van der Waals surface area contributed by atoms with Crippen LogP contribution in [0.4, 0.5) is 4.39 Å². The minimum Gasteiger partial charge on any atom is -0.392 e. The van der Waals surface area contributed by atoms with Crippen LogP contribution >= 0.6 is 11.6 Å². The molecule has 0 aliphatic heterocycles. The van der Waals surface area contributed by atoms with Crippen LogP contribution in [0, 0.1) is 0 Å². The number of halogens is 2. The average Bonchev–Trinajstić information content (AvgIpc) is 2.06. The molecule has 1 aromatic rings. The summed E-state index contributed by atoms with van der Waals surface area (Å²) in [6, 6.07) is 8.99. The lowest BCUT2D eigenvalue weighted by atomic mass is 10.1. The summed E-state index contributed by atoms with van der Waals surface area (Å²) in [5.74, 6) is 0. The molecular weight excluding hydrogens is 179 g/mol. The van der Waals surface area contributed by atoms with Gasteiger partial charge in [0.1, 0.15) is 0 Å². The molecule has 1 rings (SSSR count). The number of alkyl halides is 2. The highest BCUT2D eigenvalue weighted by molar-refractivity contribution is 6.23. The molecule has 0 amide bonds. The van der Waals surface area contributed by atoms with Crippen molar-refractivity contribution in [2.45, 2.75) is 11.5 Å². The molecule has 1 unspecified atom stereocenters. The highest BCUT2D eigenvalue weighted by Gasteiger charge is 2.25. The third-order valence-corrected chi connectivity index (χ3v) is 1.79. The van der Waals surface area contributed by atoms with Crippen LogP contribution in [0.15, 0.2) is 30.3 Å². The number of aliphatic hydroxyl groups is 1. The predicted octanol–water partition coefficient (Wildman–Crippen LogP) is 2.13. The Kier molecular flexibility index (Phi) is 3.06. The van der Waals surface area contributed by atoms with Gasteiger partial charge in [0, 0.05) is 6.42 Å². The SMILES string of the molecule is OCC(F)(Cl)Cc1ccccc1. The lowest BCUT2D eigenvalue weighted by Gasteiger charge is -2.13. The second-order valence-corrected chi connectivity index (χ2v) is 3.35. The van der Waals surface area contributed by atoms with Gasteiger partial charge in [-0.2, -0.15) is 0 Å². The summed E-state index contributed by atoms with van der Waals surface area (Å²) in [5.41, 5.74) is 0.782. The fourth-order valence-electron chi connectivity index (χ4n) is 0.950. The topological polar surface area (TPSA) is 20.2 Å². The first-order chi connectivity index (χ1) is 5.64. The quantitative estimate of drug-likeness (QED) is 0.721. The van der Waals surface area contributed by atoms with Crippen molar-refractivity contribution in [2.24, 2.45) is 0 Å². The Morgan fingerprint density at radius 2 is 1.92 bits per heavy atom. The van der Waals surface area contributed by atoms with Crippen molar-refractivity contribution in [1.82, 2.24) is 0 Å². The molecule has 0 heterocycles. The first-order valence-corrected chi connectivity index (χ1v) is 4.04. The molecule has 0 spiro atoms. The van der Waals surface area contributed by atoms with Gasteiger partial charge < -0.3 is 5.11 Å². The van der Waals surface area contributed by atoms with Gasteiger partial charge in [-0.15, -0.1) is 0 Å². The zero-order valence-electron chi connectivity index (χ0n) is 6.50. The summed E-state index contributed by atoms with van der Waals surface area (Å²) in [7, 11) is 0. The van der Waals surface area contributed by atoms with Gasteiger partial charge in [-0.3, -0.25) is 0 Å². The van der Waals surface area contributed by atoms with Crippen LogP contribution in [0.3, 0.4) is 0 Å². The Balaban J connectivity index is 2.64. The Morgan fingerprint density at radius 3 is 2.42 bits per heavy atom. The molecule has 0 bridgehead atoms. The fourth-order valence-corrected chi connectivity index (χ4v) is 1.10. The minimum atomic E-state index is -2.03. The Morgan fingerprint density at radius 1 is 1.33 bits per heavy atom. The zero-order chi connectivity index (χ0) is 9.03. The second-order valence-electron chi connectivity index (χ2n) is 2.68. The monoisotopic (exact) mass is 188 g/mol. The van der Waals surface area contributed by atoms with Crippen LogP contribution < -0.4 is 0 Å². The average molecular weight is 189 g/mol. The van der Waals surface area contributed by atoms with E-state index in [9.17, 15) is 4.39 Å². The molecule has 0 saturated heterocycles. The van der Waals surface area contributed by atoms with E-state index in [0.717, 1.165) is 5.56 Å². The van der Waals surface area contributed by atoms with Crippen molar-refractivity contribution >= 4 is 11.6 Å². The highest BCUT2D eigenvalue weighted by Crippen LogP contribution is 2.21. The molecule has 0 aliphatic rings. The van der Waals surface area contributed by atoms with Gasteiger partial charge in [-0.25, -0.2) is 4.39 Å². The molecule has 1 atom stereocenters. The van der Waals surface area contributed by atoms with Crippen molar-refractivity contribution in [3.63, 3.8) is 0 Å². The van der Waals surface area contributed by atoms with E-state index in [2.05, 4.69) is 0 Å². The fraction of sp³-hybridized carbons (Fsp3) is 0.333. The van der Waals surface area contributed by atoms with Crippen LogP contribution in [-0.2, 0) is 6.42 Å². The molecule has 3 heteroatoms. The Hall–Kier alpha value is -0.600. The lowest BCUT2D eigenvalue weighted by molar-refractivity contribution is 0.144. The third kappa shape index (κ3) is 2.80. The molecule has 0 radical (unpaired) electrons. The van der Waals surface area contributed by atoms with Gasteiger partial charge in [-0.05, 0) is 5.56 Å². The maximum atomic E-state index is 13.0. The zero-order valence-corrected chi connectivity index (χ0v) is 7.26. The minimum absolute atomic E-state index is 0.0336. The summed E-state index contributed by atoms with van der Waals surface area (Å²) in [6.45, 7) is -0.663. The van der Waals surface area contributed by atoms with Crippen molar-refractivity contribution in [3.05, 3.63) is 35.9 Å². The van der Waals surface area contributed by atoms with Crippen molar-refractivity contribution < 1.29 is 9.50 Å². The van der Waals surface area contributed by atoms with Gasteiger partial charge >= 0.3 is 0 Å². The molecule has 0 aromatic heterocycles. The van der Waals surface area contributed by atoms with E-state index in [1.54, 1.807) is 24.3 Å². The van der Waals surface area contributed by atoms with Crippen molar-refractivity contribution in [2.75, 3.05) is 6.61 Å². The Labute approximate surface area is 75.8 Å². The lowest BCUT2D eigenvalue weighted by Crippen LogP contribution is -2.22. The van der Waals surface area contributed by atoms with Crippen LogP contribution in [0.1, 0.15) is 5.56 Å². The summed E-state index contributed by atoms with van der Waals surface area (Å²) >= 11 is 5.34. The van der Waals surface area contributed by atoms with Crippen LogP contribution in [0.5, 0.6) is 0 Å². The Bertz CT molecular complexity index is 236. The van der Waals surface area contributed by atoms with Gasteiger partial charge in [0.2, 0.25) is 5.13 Å². The van der Waals surface area contributed by atoms with Gasteiger partial charge in [0.25, 0.3) is 0 Å². The van der Waals surface area contributed by atoms with Crippen molar-refractivity contribution in [3.8, 4) is 0 Å². The van der Waals surface area contributed by atoms with E-state index in [4.69, 9.17) is 16.7 Å². The van der Waals surface area contributed by atoms with E-state index in [1.165, 1.54) is 0 Å². The normalized spacial score (nSPS) is 15.6. The molecule has 1 N–H and O–H groups in total. The molecular formula is C9H10ClFO. The van der Waals surface area contributed by atoms with Crippen molar-refractivity contribution in [1.29, 1.82) is 0 Å². The predicted molar refractivity (Wildman–Crippen MR) is 46.9 cm³/mol. The summed E-state index contributed by atoms with van der Waals surface area (Å²) in [4.78, 5) is 0. The van der Waals surface area contributed by atoms with Gasteiger partial charge in [0.05, 0.1) is 6.61 Å². The van der Waals surface area contributed by atoms with E-state index >= 15 is 0 Å². The summed E-state index contributed by atoms with van der Waals surface area (Å²) < 4.78 is 13.0. The van der Waals surface area contributed by atoms with E-state index in [0.29, 0.717) is 0 Å². The molecule has 0 aliphatic carbocycles. The van der Waals surface area contributed by atoms with E-state index in [-0.39, 0.29) is 6.42 Å². The van der Waals surface area contributed by atoms with Crippen LogP contribution in [-0.4, -0.2) is 16.8 Å². The van der Waals surface area contributed by atoms with E-state index < -0.39 is 11.7 Å². The standard InChI is InChI=1S/C9H10ClFO/c10-9(11,7-12)6-8-4-2-1-3-5-8/h1-5,12H,6-7H2. The van der Waals surface area contributed by atoms with Gasteiger partial charge in [-0.1, -0.05) is 41.9 Å². The molecule has 12 heavy (non-hydrogen) atoms. The maximum Gasteiger partial charge on any atom is 0.210 e. The number of rotatable bonds is 3. The van der Waals surface area contributed by atoms with Gasteiger partial charge in [0.15, 0.2) is 0 Å². The van der Waals surface area contributed by atoms with Crippen LogP contribution in [0.2, 0.25) is 0 Å². The number of aliphatic hydroxyl groups excluding tert-OH is 1. The second kappa shape index (κ2) is 3.87. The molecule has 66 valence electrons. The largest absolute Gasteiger partial charge is 0.392 e. The first-order valence-electron chi connectivity index (χ1n) is 3.67. The maximum absolute atomic E-state index is 13.0. The first kappa shape index (κ1) is 9.49. The summed E-state index contributed by atoms with van der Waals surface area (Å²) in [6.07, 6.45) is 0.0336. The number of hydrogen-bond donors (Lipinski definition) is 1. The molecule has 1 nitrogen and oxygen atoms in total. The molecule has 1 aromatic carbocycles. The van der Waals surface area contributed by atoms with E-state index in [1.807, 2.05) is 6.07 Å². The highest BCUT2D eigenvalue weighted by atomic mass is 35.5. The number of hydrogen-bond acceptors (Lipinski definition) is 1. The summed E-state index contributed by atoms with van der Waals surface area (Å²) in [5, 5.41) is 6.52. The van der Waals surface area contributed by atoms with Crippen LogP contribution in [0.25, 0.3) is 0 Å². The number of benzene rings is 1. The third-order valence-electron chi connectivity index (χ3n) is 1.54. The molecule has 0 fully saturated rings.